The van der Waals surface area contributed by atoms with Crippen LogP contribution < -0.4 is 0 Å². The van der Waals surface area contributed by atoms with Crippen molar-refractivity contribution in [3.8, 4) is 0 Å². The lowest BCUT2D eigenvalue weighted by molar-refractivity contribution is 0.614. The summed E-state index contributed by atoms with van der Waals surface area (Å²) in [6.45, 7) is 2.01. The second-order valence-electron chi connectivity index (χ2n) is 3.14. The monoisotopic (exact) mass is 191 g/mol. The molecule has 1 aromatic heterocycles. The number of nitrogens with zero attached hydrogens (tertiary/aromatic N) is 3. The molecule has 1 atom stereocenters. The van der Waals surface area contributed by atoms with Crippen LogP contribution in [0.1, 0.15) is 18.5 Å². The summed E-state index contributed by atoms with van der Waals surface area (Å²) in [5.41, 5.74) is 1.03. The first-order valence-corrected chi connectivity index (χ1v) is 4.37. The van der Waals surface area contributed by atoms with Crippen molar-refractivity contribution in [2.75, 3.05) is 0 Å². The van der Waals surface area contributed by atoms with E-state index in [0.717, 1.165) is 5.56 Å². The first kappa shape index (κ1) is 8.87. The maximum atomic E-state index is 12.7. The van der Waals surface area contributed by atoms with Crippen molar-refractivity contribution in [2.45, 2.75) is 13.0 Å². The molecule has 0 aliphatic rings. The minimum Gasteiger partial charge on any atom is -0.313 e. The molecule has 0 unspecified atom stereocenters. The summed E-state index contributed by atoms with van der Waals surface area (Å²) in [6, 6.07) is 6.57. The average Bonchev–Trinajstić information content (AvgIpc) is 2.71. The largest absolute Gasteiger partial charge is 0.313 e. The lowest BCUT2D eigenvalue weighted by Gasteiger charge is -2.11. The van der Waals surface area contributed by atoms with Crippen LogP contribution in [0.2, 0.25) is 0 Å². The Morgan fingerprint density at radius 2 is 1.71 bits per heavy atom. The van der Waals surface area contributed by atoms with Crippen molar-refractivity contribution < 1.29 is 4.39 Å². The summed E-state index contributed by atoms with van der Waals surface area (Å²) in [5.74, 6) is -0.218. The fraction of sp³-hybridized carbons (Fsp3) is 0.200. The van der Waals surface area contributed by atoms with Gasteiger partial charge in [-0.25, -0.2) is 4.39 Å². The maximum absolute atomic E-state index is 12.7. The average molecular weight is 191 g/mol. The van der Waals surface area contributed by atoms with E-state index in [1.165, 1.54) is 12.1 Å². The number of hydrogen-bond donors (Lipinski definition) is 0. The van der Waals surface area contributed by atoms with Crippen LogP contribution in [0.5, 0.6) is 0 Å². The molecule has 0 saturated heterocycles. The van der Waals surface area contributed by atoms with Gasteiger partial charge in [0.15, 0.2) is 0 Å². The Kier molecular flexibility index (Phi) is 2.26. The highest BCUT2D eigenvalue weighted by Crippen LogP contribution is 2.16. The smallest absolute Gasteiger partial charge is 0.123 e. The van der Waals surface area contributed by atoms with E-state index < -0.39 is 0 Å². The minimum atomic E-state index is -0.218. The van der Waals surface area contributed by atoms with E-state index in [2.05, 4.69) is 10.2 Å². The molecule has 4 heteroatoms. The molecule has 0 fully saturated rings. The van der Waals surface area contributed by atoms with Gasteiger partial charge in [-0.15, -0.1) is 10.2 Å². The van der Waals surface area contributed by atoms with Gasteiger partial charge in [-0.2, -0.15) is 0 Å². The quantitative estimate of drug-likeness (QED) is 0.727. The molecule has 2 rings (SSSR count). The van der Waals surface area contributed by atoms with Crippen LogP contribution in [0.25, 0.3) is 0 Å². The summed E-state index contributed by atoms with van der Waals surface area (Å²) < 4.78 is 14.5. The van der Waals surface area contributed by atoms with Crippen LogP contribution in [0.3, 0.4) is 0 Å². The Balaban J connectivity index is 2.28. The van der Waals surface area contributed by atoms with Gasteiger partial charge in [0, 0.05) is 0 Å². The van der Waals surface area contributed by atoms with Crippen molar-refractivity contribution in [3.05, 3.63) is 48.3 Å². The summed E-state index contributed by atoms with van der Waals surface area (Å²) in [6.07, 6.45) is 3.29. The molecule has 3 nitrogen and oxygen atoms in total. The van der Waals surface area contributed by atoms with Crippen LogP contribution in [0, 0.1) is 5.82 Å². The number of hydrogen-bond acceptors (Lipinski definition) is 2. The second-order valence-corrected chi connectivity index (χ2v) is 3.14. The van der Waals surface area contributed by atoms with Crippen molar-refractivity contribution in [2.24, 2.45) is 0 Å². The topological polar surface area (TPSA) is 30.7 Å². The third kappa shape index (κ3) is 1.64. The molecule has 72 valence electrons. The molecule has 0 saturated carbocycles. The molecule has 1 aromatic carbocycles. The zero-order valence-corrected chi connectivity index (χ0v) is 7.76. The van der Waals surface area contributed by atoms with Gasteiger partial charge in [0.25, 0.3) is 0 Å². The lowest BCUT2D eigenvalue weighted by atomic mass is 10.1. The predicted molar refractivity (Wildman–Crippen MR) is 50.2 cm³/mol. The van der Waals surface area contributed by atoms with Crippen molar-refractivity contribution in [1.82, 2.24) is 14.8 Å². The van der Waals surface area contributed by atoms with Gasteiger partial charge >= 0.3 is 0 Å². The Hall–Kier alpha value is -1.71. The first-order chi connectivity index (χ1) is 6.77. The van der Waals surface area contributed by atoms with E-state index in [1.807, 2.05) is 11.5 Å². The zero-order valence-electron chi connectivity index (χ0n) is 7.76. The molecule has 0 bridgehead atoms. The van der Waals surface area contributed by atoms with Crippen LogP contribution >= 0.6 is 0 Å². The summed E-state index contributed by atoms with van der Waals surface area (Å²) >= 11 is 0. The Labute approximate surface area is 81.2 Å². The predicted octanol–water partition coefficient (Wildman–Crippen LogP) is 2.03. The van der Waals surface area contributed by atoms with Crippen molar-refractivity contribution in [3.63, 3.8) is 0 Å². The number of halogens is 1. The molecule has 14 heavy (non-hydrogen) atoms. The summed E-state index contributed by atoms with van der Waals surface area (Å²) in [5, 5.41) is 7.45. The van der Waals surface area contributed by atoms with Gasteiger partial charge in [-0.1, -0.05) is 12.1 Å². The van der Waals surface area contributed by atoms with Crippen LogP contribution in [-0.4, -0.2) is 14.8 Å². The molecule has 0 aliphatic carbocycles. The zero-order chi connectivity index (χ0) is 9.97. The van der Waals surface area contributed by atoms with Crippen LogP contribution in [0.4, 0.5) is 4.39 Å². The Morgan fingerprint density at radius 1 is 1.14 bits per heavy atom. The van der Waals surface area contributed by atoms with E-state index in [-0.39, 0.29) is 11.9 Å². The van der Waals surface area contributed by atoms with E-state index in [9.17, 15) is 4.39 Å². The number of rotatable bonds is 2. The molecular weight excluding hydrogens is 181 g/mol. The highest BCUT2D eigenvalue weighted by molar-refractivity contribution is 5.19. The maximum Gasteiger partial charge on any atom is 0.123 e. The van der Waals surface area contributed by atoms with Gasteiger partial charge in [-0.3, -0.25) is 0 Å². The summed E-state index contributed by atoms with van der Waals surface area (Å²) in [7, 11) is 0. The Morgan fingerprint density at radius 3 is 2.29 bits per heavy atom. The third-order valence-corrected chi connectivity index (χ3v) is 2.24. The molecule has 2 aromatic rings. The standard InChI is InChI=1S/C10H10FN3/c1-8(14-6-12-13-7-14)9-2-4-10(11)5-3-9/h2-8H,1H3/t8-/m1/s1. The Bertz CT molecular complexity index is 394. The van der Waals surface area contributed by atoms with E-state index in [1.54, 1.807) is 24.8 Å². The minimum absolute atomic E-state index is 0.130. The molecule has 0 aliphatic heterocycles. The number of benzene rings is 1. The van der Waals surface area contributed by atoms with Gasteiger partial charge in [-0.05, 0) is 24.6 Å². The van der Waals surface area contributed by atoms with Crippen LogP contribution in [0.15, 0.2) is 36.9 Å². The molecule has 0 amide bonds. The fourth-order valence-electron chi connectivity index (χ4n) is 1.32. The van der Waals surface area contributed by atoms with E-state index >= 15 is 0 Å². The number of aromatic nitrogens is 3. The summed E-state index contributed by atoms with van der Waals surface area (Å²) in [4.78, 5) is 0. The first-order valence-electron chi connectivity index (χ1n) is 4.37. The molecule has 0 radical (unpaired) electrons. The third-order valence-electron chi connectivity index (χ3n) is 2.24. The van der Waals surface area contributed by atoms with Gasteiger partial charge in [0.1, 0.15) is 18.5 Å². The lowest BCUT2D eigenvalue weighted by Crippen LogP contribution is -2.04. The van der Waals surface area contributed by atoms with Gasteiger partial charge in [0.05, 0.1) is 6.04 Å². The molecular formula is C10H10FN3. The van der Waals surface area contributed by atoms with E-state index in [4.69, 9.17) is 0 Å². The molecule has 0 spiro atoms. The van der Waals surface area contributed by atoms with Gasteiger partial charge < -0.3 is 4.57 Å². The van der Waals surface area contributed by atoms with Gasteiger partial charge in [0.2, 0.25) is 0 Å². The second kappa shape index (κ2) is 3.57. The van der Waals surface area contributed by atoms with Crippen molar-refractivity contribution in [1.29, 1.82) is 0 Å². The van der Waals surface area contributed by atoms with Crippen LogP contribution in [-0.2, 0) is 0 Å². The van der Waals surface area contributed by atoms with Crippen molar-refractivity contribution >= 4 is 0 Å². The fourth-order valence-corrected chi connectivity index (χ4v) is 1.32. The van der Waals surface area contributed by atoms with E-state index in [0.29, 0.717) is 0 Å². The molecule has 0 N–H and O–H groups in total. The highest BCUT2D eigenvalue weighted by Gasteiger charge is 2.06. The highest BCUT2D eigenvalue weighted by atomic mass is 19.1. The SMILES string of the molecule is C[C@H](c1ccc(F)cc1)n1cnnc1. The molecule has 1 heterocycles. The normalized spacial score (nSPS) is 12.7.